The maximum absolute atomic E-state index is 11.4. The van der Waals surface area contributed by atoms with Crippen LogP contribution in [0.5, 0.6) is 0 Å². The molecule has 0 aromatic heterocycles. The summed E-state index contributed by atoms with van der Waals surface area (Å²) in [4.78, 5) is 0. The number of hydrogen-bond acceptors (Lipinski definition) is 3. The third-order valence-corrected chi connectivity index (χ3v) is 5.26. The molecule has 2 atom stereocenters. The molecule has 0 aromatic carbocycles. The van der Waals surface area contributed by atoms with Crippen LogP contribution in [0.25, 0.3) is 0 Å². The van der Waals surface area contributed by atoms with Crippen molar-refractivity contribution >= 4 is 9.84 Å². The highest BCUT2D eigenvalue weighted by Crippen LogP contribution is 2.33. The van der Waals surface area contributed by atoms with Gasteiger partial charge in [-0.05, 0) is 38.3 Å². The molecule has 1 rings (SSSR count). The van der Waals surface area contributed by atoms with E-state index in [4.69, 9.17) is 0 Å². The molecule has 0 aromatic rings. The Morgan fingerprint density at radius 1 is 1.27 bits per heavy atom. The van der Waals surface area contributed by atoms with E-state index in [1.54, 1.807) is 6.92 Å². The largest absolute Gasteiger partial charge is 0.319 e. The molecule has 3 nitrogen and oxygen atoms in total. The van der Waals surface area contributed by atoms with Crippen molar-refractivity contribution in [2.75, 3.05) is 25.1 Å². The second-order valence-electron chi connectivity index (χ2n) is 4.53. The summed E-state index contributed by atoms with van der Waals surface area (Å²) >= 11 is 0. The van der Waals surface area contributed by atoms with Crippen molar-refractivity contribution in [3.63, 3.8) is 0 Å². The lowest BCUT2D eigenvalue weighted by atomic mass is 9.94. The molecule has 1 fully saturated rings. The Morgan fingerprint density at radius 2 is 1.93 bits per heavy atom. The molecular weight excluding hydrogens is 210 g/mol. The minimum Gasteiger partial charge on any atom is -0.319 e. The molecule has 4 heteroatoms. The minimum atomic E-state index is -2.77. The van der Waals surface area contributed by atoms with Crippen molar-refractivity contribution in [3.8, 4) is 0 Å². The Morgan fingerprint density at radius 3 is 2.53 bits per heavy atom. The Labute approximate surface area is 93.6 Å². The summed E-state index contributed by atoms with van der Waals surface area (Å²) in [6.07, 6.45) is 4.61. The van der Waals surface area contributed by atoms with Crippen LogP contribution in [0.1, 0.15) is 32.6 Å². The van der Waals surface area contributed by atoms with Crippen LogP contribution in [0.2, 0.25) is 0 Å². The van der Waals surface area contributed by atoms with Gasteiger partial charge in [0.25, 0.3) is 0 Å². The standard InChI is InChI=1S/C11H23NO2S/c1-3-15(13,14)8-7-10-5-4-6-11(10)9-12-2/h10-12H,3-9H2,1-2H3. The SMILES string of the molecule is CCS(=O)(=O)CCC1CCCC1CNC. The van der Waals surface area contributed by atoms with E-state index in [9.17, 15) is 8.42 Å². The van der Waals surface area contributed by atoms with Gasteiger partial charge < -0.3 is 5.32 Å². The van der Waals surface area contributed by atoms with E-state index in [2.05, 4.69) is 5.32 Å². The lowest BCUT2D eigenvalue weighted by Crippen LogP contribution is -2.24. The Bertz CT molecular complexity index is 274. The third-order valence-electron chi connectivity index (χ3n) is 3.52. The van der Waals surface area contributed by atoms with E-state index in [0.717, 1.165) is 13.0 Å². The highest BCUT2D eigenvalue weighted by atomic mass is 32.2. The Hall–Kier alpha value is -0.0900. The maximum Gasteiger partial charge on any atom is 0.150 e. The van der Waals surface area contributed by atoms with Crippen LogP contribution >= 0.6 is 0 Å². The van der Waals surface area contributed by atoms with Gasteiger partial charge in [0.05, 0.1) is 5.75 Å². The van der Waals surface area contributed by atoms with E-state index in [-0.39, 0.29) is 5.75 Å². The van der Waals surface area contributed by atoms with E-state index < -0.39 is 9.84 Å². The topological polar surface area (TPSA) is 46.2 Å². The smallest absolute Gasteiger partial charge is 0.150 e. The summed E-state index contributed by atoms with van der Waals surface area (Å²) in [6, 6.07) is 0. The van der Waals surface area contributed by atoms with Crippen LogP contribution in [0.15, 0.2) is 0 Å². The van der Waals surface area contributed by atoms with Crippen LogP contribution in [0, 0.1) is 11.8 Å². The van der Waals surface area contributed by atoms with Gasteiger partial charge in [-0.25, -0.2) is 8.42 Å². The van der Waals surface area contributed by atoms with Crippen molar-refractivity contribution in [2.24, 2.45) is 11.8 Å². The zero-order valence-corrected chi connectivity index (χ0v) is 10.6. The van der Waals surface area contributed by atoms with Gasteiger partial charge in [-0.15, -0.1) is 0 Å². The number of sulfone groups is 1. The molecule has 1 saturated carbocycles. The average Bonchev–Trinajstić information content (AvgIpc) is 2.64. The normalized spacial score (nSPS) is 27.1. The molecule has 0 bridgehead atoms. The van der Waals surface area contributed by atoms with Crippen LogP contribution in [-0.4, -0.2) is 33.5 Å². The molecular formula is C11H23NO2S. The molecule has 0 aliphatic heterocycles. The zero-order valence-electron chi connectivity index (χ0n) is 9.83. The fraction of sp³-hybridized carbons (Fsp3) is 1.00. The van der Waals surface area contributed by atoms with Gasteiger partial charge in [0, 0.05) is 5.75 Å². The summed E-state index contributed by atoms with van der Waals surface area (Å²) in [5, 5.41) is 3.20. The van der Waals surface area contributed by atoms with E-state index in [1.807, 2.05) is 7.05 Å². The molecule has 0 radical (unpaired) electrons. The summed E-state index contributed by atoms with van der Waals surface area (Å²) in [5.74, 6) is 1.99. The first-order chi connectivity index (χ1) is 7.09. The summed E-state index contributed by atoms with van der Waals surface area (Å²) < 4.78 is 22.8. The second-order valence-corrected chi connectivity index (χ2v) is 7.01. The van der Waals surface area contributed by atoms with Gasteiger partial charge in [-0.3, -0.25) is 0 Å². The van der Waals surface area contributed by atoms with Gasteiger partial charge in [-0.2, -0.15) is 0 Å². The molecule has 0 saturated heterocycles. The first-order valence-electron chi connectivity index (χ1n) is 5.94. The third kappa shape index (κ3) is 4.11. The molecule has 0 heterocycles. The van der Waals surface area contributed by atoms with Gasteiger partial charge in [0.2, 0.25) is 0 Å². The number of hydrogen-bond donors (Lipinski definition) is 1. The molecule has 1 N–H and O–H groups in total. The first kappa shape index (κ1) is 13.0. The summed E-state index contributed by atoms with van der Waals surface area (Å²) in [6.45, 7) is 2.77. The summed E-state index contributed by atoms with van der Waals surface area (Å²) in [7, 11) is -0.795. The molecule has 1 aliphatic rings. The average molecular weight is 233 g/mol. The lowest BCUT2D eigenvalue weighted by Gasteiger charge is -2.18. The number of rotatable bonds is 6. The fourth-order valence-electron chi connectivity index (χ4n) is 2.50. The van der Waals surface area contributed by atoms with Crippen molar-refractivity contribution in [1.82, 2.24) is 5.32 Å². The van der Waals surface area contributed by atoms with Crippen LogP contribution < -0.4 is 5.32 Å². The highest BCUT2D eigenvalue weighted by Gasteiger charge is 2.27. The summed E-state index contributed by atoms with van der Waals surface area (Å²) in [5.41, 5.74) is 0. The predicted octanol–water partition coefficient (Wildman–Crippen LogP) is 1.45. The van der Waals surface area contributed by atoms with Gasteiger partial charge in [0.15, 0.2) is 0 Å². The fourth-order valence-corrected chi connectivity index (χ4v) is 3.45. The molecule has 0 spiro atoms. The lowest BCUT2D eigenvalue weighted by molar-refractivity contribution is 0.367. The van der Waals surface area contributed by atoms with Crippen molar-refractivity contribution in [2.45, 2.75) is 32.6 Å². The second kappa shape index (κ2) is 5.85. The maximum atomic E-state index is 11.4. The van der Waals surface area contributed by atoms with Gasteiger partial charge in [-0.1, -0.05) is 19.8 Å². The Balaban J connectivity index is 2.37. The van der Waals surface area contributed by atoms with Crippen molar-refractivity contribution in [1.29, 1.82) is 0 Å². The minimum absolute atomic E-state index is 0.288. The quantitative estimate of drug-likeness (QED) is 0.755. The highest BCUT2D eigenvalue weighted by molar-refractivity contribution is 7.91. The Kier molecular flexibility index (Phi) is 5.06. The van der Waals surface area contributed by atoms with E-state index >= 15 is 0 Å². The molecule has 15 heavy (non-hydrogen) atoms. The zero-order chi connectivity index (χ0) is 11.3. The van der Waals surface area contributed by atoms with E-state index in [0.29, 0.717) is 17.6 Å². The molecule has 2 unspecified atom stereocenters. The number of nitrogens with one attached hydrogen (secondary N) is 1. The van der Waals surface area contributed by atoms with Crippen molar-refractivity contribution in [3.05, 3.63) is 0 Å². The first-order valence-corrected chi connectivity index (χ1v) is 7.76. The molecule has 1 aliphatic carbocycles. The van der Waals surface area contributed by atoms with Crippen LogP contribution in [0.3, 0.4) is 0 Å². The van der Waals surface area contributed by atoms with Crippen molar-refractivity contribution < 1.29 is 8.42 Å². The van der Waals surface area contributed by atoms with Gasteiger partial charge >= 0.3 is 0 Å². The molecule has 0 amide bonds. The van der Waals surface area contributed by atoms with E-state index in [1.165, 1.54) is 19.3 Å². The van der Waals surface area contributed by atoms with Crippen LogP contribution in [0.4, 0.5) is 0 Å². The van der Waals surface area contributed by atoms with Crippen LogP contribution in [-0.2, 0) is 9.84 Å². The molecule has 90 valence electrons. The monoisotopic (exact) mass is 233 g/mol. The predicted molar refractivity (Wildman–Crippen MR) is 63.7 cm³/mol. The van der Waals surface area contributed by atoms with Gasteiger partial charge in [0.1, 0.15) is 9.84 Å².